The molecule has 3 nitrogen and oxygen atoms in total. The van der Waals surface area contributed by atoms with E-state index in [9.17, 15) is 14.4 Å². The highest BCUT2D eigenvalue weighted by atomic mass is 32.1. The third-order valence-electron chi connectivity index (χ3n) is 7.86. The standard InChI is InChI=1S/C38H39O3PS2/c1-4-5-6-7-8-9-10-11-12-29-13-15-30(16-14-29)35-21-23-37(43-35)33-25-28(3)34(26-27(33)2)38-24-22-36(44-38)31-17-19-32(20-18-31)42(39,40)41/h13-26H,4-10H2,1-3H3,(H2,39,40,41). The topological polar surface area (TPSA) is 57.5 Å². The van der Waals surface area contributed by atoms with Gasteiger partial charge in [-0.05, 0) is 114 Å². The summed E-state index contributed by atoms with van der Waals surface area (Å²) in [4.78, 5) is 23.6. The fourth-order valence-corrected chi connectivity index (χ4v) is 8.04. The fourth-order valence-electron chi connectivity index (χ4n) is 5.32. The third-order valence-corrected chi connectivity index (χ3v) is 11.2. The van der Waals surface area contributed by atoms with Crippen LogP contribution in [0, 0.1) is 25.7 Å². The Morgan fingerprint density at radius 2 is 1.11 bits per heavy atom. The zero-order chi connectivity index (χ0) is 31.1. The molecule has 0 saturated heterocycles. The lowest BCUT2D eigenvalue weighted by Crippen LogP contribution is -2.02. The molecule has 5 aromatic rings. The van der Waals surface area contributed by atoms with Crippen molar-refractivity contribution in [3.05, 3.63) is 102 Å². The minimum Gasteiger partial charge on any atom is -0.321 e. The van der Waals surface area contributed by atoms with Gasteiger partial charge in [-0.1, -0.05) is 75.1 Å². The molecular weight excluding hydrogens is 600 g/mol. The summed E-state index contributed by atoms with van der Waals surface area (Å²) in [5.74, 6) is 6.68. The van der Waals surface area contributed by atoms with Crippen molar-refractivity contribution in [2.75, 3.05) is 0 Å². The Bertz CT molecular complexity index is 1810. The second-order valence-electron chi connectivity index (χ2n) is 11.3. The molecule has 0 aliphatic heterocycles. The van der Waals surface area contributed by atoms with E-state index in [0.29, 0.717) is 0 Å². The maximum atomic E-state index is 11.5. The molecule has 0 radical (unpaired) electrons. The number of unbranched alkanes of at least 4 members (excludes halogenated alkanes) is 6. The van der Waals surface area contributed by atoms with Crippen LogP contribution in [0.1, 0.15) is 68.6 Å². The van der Waals surface area contributed by atoms with Crippen LogP contribution in [0.3, 0.4) is 0 Å². The first-order chi connectivity index (χ1) is 21.2. The SMILES string of the molecule is CCCCCCCCC#Cc1ccc(-c2ccc(-c3cc(C)c(-c4ccc(-c5ccc(P(=O)(O)O)cc5)s4)cc3C)s2)cc1. The molecule has 0 bridgehead atoms. The number of hydrogen-bond donors (Lipinski definition) is 2. The molecule has 2 heterocycles. The van der Waals surface area contributed by atoms with E-state index in [1.807, 2.05) is 11.3 Å². The van der Waals surface area contributed by atoms with Crippen molar-refractivity contribution in [1.29, 1.82) is 0 Å². The minimum absolute atomic E-state index is 0.0391. The molecule has 6 heteroatoms. The van der Waals surface area contributed by atoms with Crippen LogP contribution in [0.25, 0.3) is 41.8 Å². The summed E-state index contributed by atoms with van der Waals surface area (Å²) in [5, 5.41) is 0.0391. The summed E-state index contributed by atoms with van der Waals surface area (Å²) < 4.78 is 11.5. The van der Waals surface area contributed by atoms with E-state index in [2.05, 4.69) is 93.3 Å². The lowest BCUT2D eigenvalue weighted by Gasteiger charge is -2.10. The lowest BCUT2D eigenvalue weighted by atomic mass is 9.98. The monoisotopic (exact) mass is 638 g/mol. The number of rotatable bonds is 11. The average Bonchev–Trinajstić information content (AvgIpc) is 3.70. The van der Waals surface area contributed by atoms with E-state index in [4.69, 9.17) is 0 Å². The highest BCUT2D eigenvalue weighted by Gasteiger charge is 2.17. The molecule has 3 aromatic carbocycles. The normalized spacial score (nSPS) is 11.4. The number of thiophene rings is 2. The van der Waals surface area contributed by atoms with Gasteiger partial charge in [0, 0.05) is 31.5 Å². The van der Waals surface area contributed by atoms with Gasteiger partial charge >= 0.3 is 7.60 Å². The highest BCUT2D eigenvalue weighted by molar-refractivity contribution is 7.60. The molecule has 226 valence electrons. The molecule has 0 fully saturated rings. The molecule has 0 aliphatic rings. The quantitative estimate of drug-likeness (QED) is 0.0860. The van der Waals surface area contributed by atoms with E-state index in [0.717, 1.165) is 22.4 Å². The Hall–Kier alpha value is -3.23. The smallest absolute Gasteiger partial charge is 0.321 e. The van der Waals surface area contributed by atoms with Crippen LogP contribution in [-0.4, -0.2) is 9.79 Å². The Kier molecular flexibility index (Phi) is 10.7. The molecule has 0 aliphatic carbocycles. The van der Waals surface area contributed by atoms with Crippen molar-refractivity contribution in [3.8, 4) is 53.6 Å². The van der Waals surface area contributed by atoms with E-state index in [1.54, 1.807) is 23.5 Å². The van der Waals surface area contributed by atoms with Gasteiger partial charge in [0.15, 0.2) is 0 Å². The van der Waals surface area contributed by atoms with Crippen LogP contribution >= 0.6 is 30.3 Å². The molecule has 2 N–H and O–H groups in total. The van der Waals surface area contributed by atoms with Crippen LogP contribution < -0.4 is 5.30 Å². The molecule has 0 amide bonds. The first kappa shape index (κ1) is 32.2. The molecular formula is C38H39O3PS2. The first-order valence-corrected chi connectivity index (χ1v) is 18.5. The number of aryl methyl sites for hydroxylation is 2. The van der Waals surface area contributed by atoms with Gasteiger partial charge in [0.1, 0.15) is 0 Å². The minimum atomic E-state index is -4.24. The van der Waals surface area contributed by atoms with Gasteiger partial charge in [-0.2, -0.15) is 0 Å². The van der Waals surface area contributed by atoms with Crippen LogP contribution in [0.2, 0.25) is 0 Å². The second kappa shape index (κ2) is 14.7. The summed E-state index contributed by atoms with van der Waals surface area (Å²) in [6.07, 6.45) is 8.76. The van der Waals surface area contributed by atoms with Crippen molar-refractivity contribution in [2.45, 2.75) is 65.7 Å². The third kappa shape index (κ3) is 8.07. The van der Waals surface area contributed by atoms with Crippen molar-refractivity contribution >= 4 is 35.6 Å². The molecule has 0 spiro atoms. The second-order valence-corrected chi connectivity index (χ2v) is 15.1. The van der Waals surface area contributed by atoms with Gasteiger partial charge in [0.2, 0.25) is 0 Å². The van der Waals surface area contributed by atoms with Gasteiger partial charge in [0.25, 0.3) is 0 Å². The summed E-state index contributed by atoms with van der Waals surface area (Å²) in [5.41, 5.74) is 8.15. The maximum absolute atomic E-state index is 11.5. The summed E-state index contributed by atoms with van der Waals surface area (Å²) in [7, 11) is -4.24. The van der Waals surface area contributed by atoms with Crippen molar-refractivity contribution in [2.24, 2.45) is 0 Å². The largest absolute Gasteiger partial charge is 0.356 e. The molecule has 0 atom stereocenters. The van der Waals surface area contributed by atoms with Gasteiger partial charge in [0.05, 0.1) is 5.30 Å². The summed E-state index contributed by atoms with van der Waals surface area (Å²) >= 11 is 3.51. The number of hydrogen-bond acceptors (Lipinski definition) is 3. The first-order valence-electron chi connectivity index (χ1n) is 15.3. The van der Waals surface area contributed by atoms with Crippen molar-refractivity contribution in [1.82, 2.24) is 0 Å². The van der Waals surface area contributed by atoms with Gasteiger partial charge in [-0.3, -0.25) is 4.57 Å². The Morgan fingerprint density at radius 3 is 1.64 bits per heavy atom. The van der Waals surface area contributed by atoms with E-state index in [1.165, 1.54) is 93.1 Å². The van der Waals surface area contributed by atoms with Crippen LogP contribution in [0.4, 0.5) is 0 Å². The zero-order valence-electron chi connectivity index (χ0n) is 25.6. The predicted molar refractivity (Wildman–Crippen MR) is 190 cm³/mol. The van der Waals surface area contributed by atoms with Crippen molar-refractivity contribution in [3.63, 3.8) is 0 Å². The summed E-state index contributed by atoms with van der Waals surface area (Å²) in [6, 6.07) is 28.4. The van der Waals surface area contributed by atoms with Gasteiger partial charge in [-0.15, -0.1) is 22.7 Å². The fraction of sp³-hybridized carbons (Fsp3) is 0.263. The molecule has 5 rings (SSSR count). The van der Waals surface area contributed by atoms with E-state index >= 15 is 0 Å². The molecule has 44 heavy (non-hydrogen) atoms. The van der Waals surface area contributed by atoms with Gasteiger partial charge < -0.3 is 9.79 Å². The Balaban J connectivity index is 1.26. The Morgan fingerprint density at radius 1 is 0.636 bits per heavy atom. The van der Waals surface area contributed by atoms with Crippen LogP contribution in [0.15, 0.2) is 84.9 Å². The van der Waals surface area contributed by atoms with E-state index < -0.39 is 7.60 Å². The average molecular weight is 639 g/mol. The molecule has 2 aromatic heterocycles. The molecule has 0 saturated carbocycles. The number of benzene rings is 3. The lowest BCUT2D eigenvalue weighted by molar-refractivity contribution is 0.387. The van der Waals surface area contributed by atoms with Crippen LogP contribution in [-0.2, 0) is 4.57 Å². The molecule has 0 unspecified atom stereocenters. The Labute approximate surface area is 269 Å². The zero-order valence-corrected chi connectivity index (χ0v) is 28.1. The summed E-state index contributed by atoms with van der Waals surface area (Å²) in [6.45, 7) is 6.59. The van der Waals surface area contributed by atoms with Crippen LogP contribution in [0.5, 0.6) is 0 Å². The highest BCUT2D eigenvalue weighted by Crippen LogP contribution is 2.41. The van der Waals surface area contributed by atoms with E-state index in [-0.39, 0.29) is 5.30 Å². The predicted octanol–water partition coefficient (Wildman–Crippen LogP) is 11.0. The van der Waals surface area contributed by atoms with Gasteiger partial charge in [-0.25, -0.2) is 0 Å². The maximum Gasteiger partial charge on any atom is 0.356 e. The van der Waals surface area contributed by atoms with Crippen molar-refractivity contribution < 1.29 is 14.4 Å².